The molecule has 0 fully saturated rings. The summed E-state index contributed by atoms with van der Waals surface area (Å²) in [5, 5.41) is 2.04. The third kappa shape index (κ3) is 6.67. The van der Waals surface area contributed by atoms with Gasteiger partial charge in [-0.05, 0) is 44.9 Å². The molecule has 0 aliphatic carbocycles. The Morgan fingerprint density at radius 1 is 1.24 bits per heavy atom. The number of amides is 4. The molecule has 3 N–H and O–H groups in total. The van der Waals surface area contributed by atoms with Crippen LogP contribution in [0.15, 0.2) is 18.2 Å². The molecule has 0 aromatic heterocycles. The van der Waals surface area contributed by atoms with E-state index in [-0.39, 0.29) is 18.4 Å². The zero-order chi connectivity index (χ0) is 21.8. The fourth-order valence-corrected chi connectivity index (χ4v) is 2.83. The maximum Gasteiger partial charge on any atom is 0.265 e. The molecule has 1 aromatic carbocycles. The number of unbranched alkanes of at least 4 members (excludes halogenated alkanes) is 1. The molecule has 1 atom stereocenters. The van der Waals surface area contributed by atoms with Crippen molar-refractivity contribution in [1.29, 1.82) is 0 Å². The van der Waals surface area contributed by atoms with E-state index in [1.807, 2.05) is 5.32 Å². The first-order valence-electron chi connectivity index (χ1n) is 9.99. The molecule has 1 aliphatic heterocycles. The molecule has 4 amide bonds. The smallest absolute Gasteiger partial charge is 0.265 e. The minimum Gasteiger partial charge on any atom is -0.493 e. The third-order valence-electron chi connectivity index (χ3n) is 4.21. The van der Waals surface area contributed by atoms with E-state index in [0.29, 0.717) is 30.9 Å². The Hall–Kier alpha value is -2.74. The topological polar surface area (TPSA) is 119 Å². The van der Waals surface area contributed by atoms with Crippen LogP contribution in [0.3, 0.4) is 0 Å². The van der Waals surface area contributed by atoms with Gasteiger partial charge in [-0.2, -0.15) is 0 Å². The van der Waals surface area contributed by atoms with E-state index < -0.39 is 23.8 Å². The Labute approximate surface area is 171 Å². The highest BCUT2D eigenvalue weighted by Gasteiger charge is 2.40. The van der Waals surface area contributed by atoms with E-state index in [0.717, 1.165) is 17.7 Å². The van der Waals surface area contributed by atoms with Crippen molar-refractivity contribution in [3.63, 3.8) is 0 Å². The molecular formula is C21H31N3O5. The van der Waals surface area contributed by atoms with Crippen molar-refractivity contribution in [2.24, 2.45) is 5.73 Å². The first-order valence-corrected chi connectivity index (χ1v) is 9.99. The Kier molecular flexibility index (Phi) is 10.6. The van der Waals surface area contributed by atoms with E-state index in [9.17, 15) is 19.2 Å². The Morgan fingerprint density at radius 2 is 1.93 bits per heavy atom. The lowest BCUT2D eigenvalue weighted by molar-refractivity contribution is -0.125. The van der Waals surface area contributed by atoms with E-state index in [4.69, 9.17) is 10.5 Å². The van der Waals surface area contributed by atoms with Crippen molar-refractivity contribution in [2.75, 3.05) is 13.2 Å². The van der Waals surface area contributed by atoms with Gasteiger partial charge in [-0.15, -0.1) is 0 Å². The van der Waals surface area contributed by atoms with Crippen molar-refractivity contribution < 1.29 is 23.9 Å². The van der Waals surface area contributed by atoms with Gasteiger partial charge in [-0.3, -0.25) is 29.4 Å². The number of nitrogens with one attached hydrogen (secondary N) is 1. The summed E-state index contributed by atoms with van der Waals surface area (Å²) >= 11 is 0. The third-order valence-corrected chi connectivity index (χ3v) is 4.21. The first-order chi connectivity index (χ1) is 13.9. The van der Waals surface area contributed by atoms with E-state index in [1.54, 1.807) is 25.1 Å². The largest absolute Gasteiger partial charge is 0.493 e. The van der Waals surface area contributed by atoms with Gasteiger partial charge in [0, 0.05) is 12.5 Å². The number of hydrogen-bond donors (Lipinski definition) is 2. The number of imide groups is 2. The minimum atomic E-state index is -0.482. The fourth-order valence-electron chi connectivity index (χ4n) is 2.83. The van der Waals surface area contributed by atoms with E-state index >= 15 is 0 Å². The lowest BCUT2D eigenvalue weighted by atomic mass is 10.1. The predicted octanol–water partition coefficient (Wildman–Crippen LogP) is 2.26. The quantitative estimate of drug-likeness (QED) is 0.350. The summed E-state index contributed by atoms with van der Waals surface area (Å²) in [7, 11) is 0. The van der Waals surface area contributed by atoms with Gasteiger partial charge >= 0.3 is 0 Å². The van der Waals surface area contributed by atoms with Gasteiger partial charge in [0.15, 0.2) is 0 Å². The maximum atomic E-state index is 12.8. The molecule has 1 heterocycles. The molecule has 0 radical (unpaired) electrons. The number of benzene rings is 1. The molecule has 1 aromatic rings. The predicted molar refractivity (Wildman–Crippen MR) is 110 cm³/mol. The molecule has 0 bridgehead atoms. The lowest BCUT2D eigenvalue weighted by Gasteiger charge is -2.22. The van der Waals surface area contributed by atoms with Crippen molar-refractivity contribution in [2.45, 2.75) is 58.9 Å². The van der Waals surface area contributed by atoms with Crippen LogP contribution >= 0.6 is 0 Å². The normalized spacial score (nSPS) is 13.3. The van der Waals surface area contributed by atoms with Crippen LogP contribution in [0, 0.1) is 0 Å². The van der Waals surface area contributed by atoms with Gasteiger partial charge in [0.25, 0.3) is 11.8 Å². The monoisotopic (exact) mass is 405 g/mol. The summed E-state index contributed by atoms with van der Waals surface area (Å²) < 4.78 is 5.67. The standard InChI is InChI=1S/C18H23N3O5.C3H8/c1-12(7-8-15(23)20-11-22)21-17(24)13-5-4-6-14(16(13)18(21)25)26-10-3-2-9-19;1-3-2/h4-6,11-12H,2-3,7-10,19H2,1H3,(H,20,22,23);3H2,1-2H3. The summed E-state index contributed by atoms with van der Waals surface area (Å²) in [6.07, 6.45) is 3.43. The van der Waals surface area contributed by atoms with Crippen LogP contribution in [0.4, 0.5) is 0 Å². The van der Waals surface area contributed by atoms with Crippen molar-refractivity contribution >= 4 is 24.1 Å². The summed E-state index contributed by atoms with van der Waals surface area (Å²) in [6, 6.07) is 4.45. The zero-order valence-electron chi connectivity index (χ0n) is 17.4. The molecule has 8 heteroatoms. The fraction of sp³-hybridized carbons (Fsp3) is 0.524. The van der Waals surface area contributed by atoms with Crippen LogP contribution in [0.2, 0.25) is 0 Å². The number of rotatable bonds is 10. The summed E-state index contributed by atoms with van der Waals surface area (Å²) in [5.74, 6) is -0.901. The molecule has 8 nitrogen and oxygen atoms in total. The molecule has 2 rings (SSSR count). The van der Waals surface area contributed by atoms with Gasteiger partial charge in [0.1, 0.15) is 5.75 Å². The van der Waals surface area contributed by atoms with Crippen molar-refractivity contribution in [3.8, 4) is 5.75 Å². The number of hydrogen-bond acceptors (Lipinski definition) is 6. The molecule has 1 aliphatic rings. The molecule has 29 heavy (non-hydrogen) atoms. The highest BCUT2D eigenvalue weighted by molar-refractivity contribution is 6.22. The summed E-state index contributed by atoms with van der Waals surface area (Å²) in [5.41, 5.74) is 6.01. The summed E-state index contributed by atoms with van der Waals surface area (Å²) in [6.45, 7) is 6.92. The minimum absolute atomic E-state index is 0.0375. The first kappa shape index (κ1) is 24.3. The second-order valence-electron chi connectivity index (χ2n) is 6.78. The molecular weight excluding hydrogens is 374 g/mol. The molecule has 0 saturated carbocycles. The molecule has 0 spiro atoms. The van der Waals surface area contributed by atoms with Gasteiger partial charge in [-0.1, -0.05) is 26.3 Å². The second-order valence-corrected chi connectivity index (χ2v) is 6.78. The van der Waals surface area contributed by atoms with Crippen LogP contribution in [-0.4, -0.2) is 48.2 Å². The number of nitrogens with two attached hydrogens (primary N) is 1. The average molecular weight is 405 g/mol. The number of ether oxygens (including phenoxy) is 1. The van der Waals surface area contributed by atoms with Gasteiger partial charge < -0.3 is 10.5 Å². The molecule has 160 valence electrons. The Morgan fingerprint density at radius 3 is 2.55 bits per heavy atom. The Balaban J connectivity index is 0.00000132. The van der Waals surface area contributed by atoms with Crippen LogP contribution in [0.5, 0.6) is 5.75 Å². The average Bonchev–Trinajstić information content (AvgIpc) is 2.95. The molecule has 1 unspecified atom stereocenters. The number of carbonyl (C=O) groups excluding carboxylic acids is 4. The summed E-state index contributed by atoms with van der Waals surface area (Å²) in [4.78, 5) is 48.2. The van der Waals surface area contributed by atoms with Crippen LogP contribution in [0.1, 0.15) is 73.6 Å². The van der Waals surface area contributed by atoms with Crippen molar-refractivity contribution in [1.82, 2.24) is 10.2 Å². The SMILES string of the molecule is CC(CCC(=O)NC=O)N1C(=O)c2cccc(OCCCCN)c2C1=O.CCC. The highest BCUT2D eigenvalue weighted by Crippen LogP contribution is 2.33. The van der Waals surface area contributed by atoms with Gasteiger partial charge in [0.05, 0.1) is 17.7 Å². The van der Waals surface area contributed by atoms with Crippen LogP contribution < -0.4 is 15.8 Å². The zero-order valence-corrected chi connectivity index (χ0v) is 17.4. The van der Waals surface area contributed by atoms with E-state index in [2.05, 4.69) is 13.8 Å². The maximum absolute atomic E-state index is 12.8. The highest BCUT2D eigenvalue weighted by atomic mass is 16.5. The van der Waals surface area contributed by atoms with E-state index in [1.165, 1.54) is 6.42 Å². The van der Waals surface area contributed by atoms with Crippen molar-refractivity contribution in [3.05, 3.63) is 29.3 Å². The van der Waals surface area contributed by atoms with Crippen LogP contribution in [0.25, 0.3) is 0 Å². The number of nitrogens with zero attached hydrogens (tertiary/aromatic N) is 1. The number of fused-ring (bicyclic) bond motifs is 1. The second kappa shape index (κ2) is 12.7. The Bertz CT molecular complexity index is 720. The van der Waals surface area contributed by atoms with Gasteiger partial charge in [0.2, 0.25) is 12.3 Å². The lowest BCUT2D eigenvalue weighted by Crippen LogP contribution is -2.38. The molecule has 0 saturated heterocycles. The number of carbonyl (C=O) groups is 4. The van der Waals surface area contributed by atoms with Crippen LogP contribution in [-0.2, 0) is 9.59 Å². The van der Waals surface area contributed by atoms with Gasteiger partial charge in [-0.25, -0.2) is 0 Å².